The smallest absolute Gasteiger partial charge is 0.398 e. The van der Waals surface area contributed by atoms with Gasteiger partial charge in [-0.1, -0.05) is 70.8 Å². The van der Waals surface area contributed by atoms with Gasteiger partial charge in [0, 0.05) is 17.7 Å². The van der Waals surface area contributed by atoms with Gasteiger partial charge < -0.3 is 14.3 Å². The van der Waals surface area contributed by atoms with E-state index in [2.05, 4.69) is 25.7 Å². The van der Waals surface area contributed by atoms with Crippen LogP contribution < -0.4 is 0 Å². The van der Waals surface area contributed by atoms with Crippen molar-refractivity contribution in [2.45, 2.75) is 12.7 Å². The second-order valence-corrected chi connectivity index (χ2v) is 6.47. The molecular weight excluding hydrogens is 425 g/mol. The van der Waals surface area contributed by atoms with Crippen LogP contribution in [0.5, 0.6) is 0 Å². The Hall–Kier alpha value is -4.13. The van der Waals surface area contributed by atoms with Crippen molar-refractivity contribution in [1.29, 1.82) is 0 Å². The second-order valence-electron chi connectivity index (χ2n) is 6.47. The van der Waals surface area contributed by atoms with E-state index in [1.165, 1.54) is 24.1 Å². The minimum Gasteiger partial charge on any atom is -0.398 e. The van der Waals surface area contributed by atoms with E-state index in [0.717, 1.165) is 0 Å². The standard InChI is InChI=1S/C22H17F3N4O3/c1-3-13-29(20(30)18(27-31-2)16-7-5-4-6-8-16)14-15-9-11-17(12-10-15)19-26-21(32-28-19)22(23,24)25/h1,4-12H,13-14H2,2H3/b27-18+. The van der Waals surface area contributed by atoms with Crippen LogP contribution in [0.15, 0.2) is 64.3 Å². The summed E-state index contributed by atoms with van der Waals surface area (Å²) < 4.78 is 42.2. The van der Waals surface area contributed by atoms with Crippen LogP contribution in [0.2, 0.25) is 0 Å². The number of aromatic nitrogens is 2. The maximum atomic E-state index is 13.1. The fourth-order valence-electron chi connectivity index (χ4n) is 2.80. The molecule has 0 aliphatic heterocycles. The molecule has 0 saturated carbocycles. The average Bonchev–Trinajstić information content (AvgIpc) is 3.29. The zero-order chi connectivity index (χ0) is 23.1. The Bertz CT molecular complexity index is 1130. The summed E-state index contributed by atoms with van der Waals surface area (Å²) in [6.07, 6.45) is 0.717. The van der Waals surface area contributed by atoms with Crippen LogP contribution in [0.4, 0.5) is 13.2 Å². The topological polar surface area (TPSA) is 80.8 Å². The molecule has 0 saturated heterocycles. The van der Waals surface area contributed by atoms with Crippen molar-refractivity contribution in [2.75, 3.05) is 13.7 Å². The summed E-state index contributed by atoms with van der Waals surface area (Å²) in [7, 11) is 1.34. The molecule has 0 spiro atoms. The number of oxime groups is 1. The number of terminal acetylenes is 1. The van der Waals surface area contributed by atoms with Gasteiger partial charge in [0.15, 0.2) is 5.71 Å². The summed E-state index contributed by atoms with van der Waals surface area (Å²) in [6, 6.07) is 15.1. The summed E-state index contributed by atoms with van der Waals surface area (Å²) >= 11 is 0. The largest absolute Gasteiger partial charge is 0.471 e. The van der Waals surface area contributed by atoms with E-state index in [4.69, 9.17) is 11.3 Å². The number of nitrogens with zero attached hydrogens (tertiary/aromatic N) is 4. The number of hydrogen-bond acceptors (Lipinski definition) is 6. The number of benzene rings is 2. The number of alkyl halides is 3. The van der Waals surface area contributed by atoms with E-state index in [9.17, 15) is 18.0 Å². The molecule has 0 atom stereocenters. The third-order valence-electron chi connectivity index (χ3n) is 4.26. The molecule has 0 N–H and O–H groups in total. The van der Waals surface area contributed by atoms with E-state index in [-0.39, 0.29) is 24.6 Å². The Morgan fingerprint density at radius 2 is 1.88 bits per heavy atom. The summed E-state index contributed by atoms with van der Waals surface area (Å²) in [5.74, 6) is 0.387. The average molecular weight is 442 g/mol. The van der Waals surface area contributed by atoms with Gasteiger partial charge in [-0.25, -0.2) is 0 Å². The lowest BCUT2D eigenvalue weighted by Gasteiger charge is -2.21. The van der Waals surface area contributed by atoms with Crippen molar-refractivity contribution in [3.05, 3.63) is 71.6 Å². The molecule has 2 aromatic carbocycles. The lowest BCUT2D eigenvalue weighted by atomic mass is 10.1. The van der Waals surface area contributed by atoms with Gasteiger partial charge in [0.05, 0.1) is 6.54 Å². The lowest BCUT2D eigenvalue weighted by molar-refractivity contribution is -0.159. The normalized spacial score (nSPS) is 11.7. The fraction of sp³-hybridized carbons (Fsp3) is 0.182. The lowest BCUT2D eigenvalue weighted by Crippen LogP contribution is -2.37. The molecule has 0 fully saturated rings. The van der Waals surface area contributed by atoms with Crippen LogP contribution in [0.1, 0.15) is 17.0 Å². The van der Waals surface area contributed by atoms with Gasteiger partial charge in [-0.3, -0.25) is 4.79 Å². The van der Waals surface area contributed by atoms with Crippen LogP contribution >= 0.6 is 0 Å². The van der Waals surface area contributed by atoms with Crippen LogP contribution in [-0.2, 0) is 22.4 Å². The first kappa shape index (κ1) is 22.6. The first-order valence-electron chi connectivity index (χ1n) is 9.23. The predicted octanol–water partition coefficient (Wildman–Crippen LogP) is 3.77. The molecule has 1 heterocycles. The molecule has 3 aromatic rings. The molecule has 0 unspecified atom stereocenters. The van der Waals surface area contributed by atoms with Gasteiger partial charge in [-0.05, 0) is 5.56 Å². The van der Waals surface area contributed by atoms with E-state index in [0.29, 0.717) is 16.7 Å². The molecule has 7 nitrogen and oxygen atoms in total. The predicted molar refractivity (Wildman–Crippen MR) is 109 cm³/mol. The zero-order valence-corrected chi connectivity index (χ0v) is 16.8. The quantitative estimate of drug-likeness (QED) is 0.316. The van der Waals surface area contributed by atoms with Crippen molar-refractivity contribution in [3.8, 4) is 23.7 Å². The van der Waals surface area contributed by atoms with Crippen LogP contribution in [0, 0.1) is 12.3 Å². The van der Waals surface area contributed by atoms with Crippen molar-refractivity contribution in [3.63, 3.8) is 0 Å². The SMILES string of the molecule is C#CCN(Cc1ccc(-c2noc(C(F)(F)F)n2)cc1)C(=O)/C(=N/OC)c1ccccc1. The Labute approximate surface area is 181 Å². The van der Waals surface area contributed by atoms with Crippen molar-refractivity contribution >= 4 is 11.6 Å². The van der Waals surface area contributed by atoms with Crippen molar-refractivity contribution in [1.82, 2.24) is 15.0 Å². The van der Waals surface area contributed by atoms with E-state index < -0.39 is 18.0 Å². The maximum Gasteiger partial charge on any atom is 0.471 e. The summed E-state index contributed by atoms with van der Waals surface area (Å²) in [5, 5.41) is 7.20. The Morgan fingerprint density at radius 1 is 1.19 bits per heavy atom. The van der Waals surface area contributed by atoms with Crippen LogP contribution in [-0.4, -0.2) is 40.3 Å². The third kappa shape index (κ3) is 5.31. The maximum absolute atomic E-state index is 13.1. The molecule has 10 heteroatoms. The second kappa shape index (κ2) is 9.78. The van der Waals surface area contributed by atoms with Crippen LogP contribution in [0.3, 0.4) is 0 Å². The molecule has 164 valence electrons. The Morgan fingerprint density at radius 3 is 2.44 bits per heavy atom. The minimum atomic E-state index is -4.72. The Kier molecular flexibility index (Phi) is 6.90. The molecule has 0 aliphatic rings. The number of amides is 1. The van der Waals surface area contributed by atoms with Gasteiger partial charge in [0.25, 0.3) is 5.91 Å². The van der Waals surface area contributed by atoms with E-state index in [1.807, 2.05) is 0 Å². The summed E-state index contributed by atoms with van der Waals surface area (Å²) in [6.45, 7) is 0.148. The van der Waals surface area contributed by atoms with Crippen LogP contribution in [0.25, 0.3) is 11.4 Å². The number of carbonyl (C=O) groups is 1. The molecule has 3 rings (SSSR count). The highest BCUT2D eigenvalue weighted by Crippen LogP contribution is 2.29. The molecular formula is C22H17F3N4O3. The van der Waals surface area contributed by atoms with Gasteiger partial charge in [0.1, 0.15) is 7.11 Å². The van der Waals surface area contributed by atoms with E-state index in [1.54, 1.807) is 42.5 Å². The highest BCUT2D eigenvalue weighted by Gasteiger charge is 2.38. The van der Waals surface area contributed by atoms with Gasteiger partial charge in [-0.15, -0.1) is 6.42 Å². The summed E-state index contributed by atoms with van der Waals surface area (Å²) in [5.41, 5.74) is 1.66. The zero-order valence-electron chi connectivity index (χ0n) is 16.8. The number of halogens is 3. The molecule has 1 amide bonds. The fourth-order valence-corrected chi connectivity index (χ4v) is 2.80. The molecule has 0 aliphatic carbocycles. The summed E-state index contributed by atoms with van der Waals surface area (Å²) in [4.78, 5) is 22.7. The molecule has 32 heavy (non-hydrogen) atoms. The van der Waals surface area contributed by atoms with Gasteiger partial charge >= 0.3 is 12.1 Å². The number of hydrogen-bond donors (Lipinski definition) is 0. The first-order valence-corrected chi connectivity index (χ1v) is 9.23. The third-order valence-corrected chi connectivity index (χ3v) is 4.26. The molecule has 1 aromatic heterocycles. The minimum absolute atomic E-state index is 0.00986. The molecule has 0 bridgehead atoms. The monoisotopic (exact) mass is 442 g/mol. The van der Waals surface area contributed by atoms with Gasteiger partial charge in [-0.2, -0.15) is 18.2 Å². The molecule has 0 radical (unpaired) electrons. The van der Waals surface area contributed by atoms with Gasteiger partial charge in [0.2, 0.25) is 5.82 Å². The van der Waals surface area contributed by atoms with Crippen molar-refractivity contribution < 1.29 is 27.3 Å². The number of rotatable bonds is 7. The van der Waals surface area contributed by atoms with E-state index >= 15 is 0 Å². The number of carbonyl (C=O) groups excluding carboxylic acids is 1. The highest BCUT2D eigenvalue weighted by molar-refractivity contribution is 6.45. The first-order chi connectivity index (χ1) is 15.3. The van der Waals surface area contributed by atoms with Crippen molar-refractivity contribution in [2.24, 2.45) is 5.16 Å². The Balaban J connectivity index is 1.80. The highest BCUT2D eigenvalue weighted by atomic mass is 19.4.